The summed E-state index contributed by atoms with van der Waals surface area (Å²) in [6.07, 6.45) is 1.53. The van der Waals surface area contributed by atoms with Gasteiger partial charge in [-0.15, -0.1) is 0 Å². The highest BCUT2D eigenvalue weighted by Crippen LogP contribution is 2.24. The maximum atomic E-state index is 10.9. The second kappa shape index (κ2) is 5.71. The van der Waals surface area contributed by atoms with E-state index in [1.54, 1.807) is 43.3 Å². The summed E-state index contributed by atoms with van der Waals surface area (Å²) in [5, 5.41) is 9.59. The molecule has 19 heavy (non-hydrogen) atoms. The summed E-state index contributed by atoms with van der Waals surface area (Å²) in [6, 6.07) is 10.1. The summed E-state index contributed by atoms with van der Waals surface area (Å²) in [7, 11) is 0. The minimum atomic E-state index is -0.886. The van der Waals surface area contributed by atoms with Crippen LogP contribution in [0, 0.1) is 0 Å². The molecule has 0 saturated heterocycles. The van der Waals surface area contributed by atoms with Crippen molar-refractivity contribution in [3.8, 4) is 11.6 Å². The second-order valence-electron chi connectivity index (χ2n) is 4.04. The van der Waals surface area contributed by atoms with E-state index in [0.29, 0.717) is 22.2 Å². The molecule has 0 aliphatic heterocycles. The molecular weight excluding hydrogens is 266 g/mol. The summed E-state index contributed by atoms with van der Waals surface area (Å²) >= 11 is 5.78. The highest BCUT2D eigenvalue weighted by molar-refractivity contribution is 6.30. The minimum Gasteiger partial charge on any atom is -0.481 e. The van der Waals surface area contributed by atoms with Gasteiger partial charge in [-0.25, -0.2) is 4.98 Å². The van der Waals surface area contributed by atoms with Gasteiger partial charge < -0.3 is 9.84 Å². The lowest BCUT2D eigenvalue weighted by molar-refractivity contribution is -0.138. The van der Waals surface area contributed by atoms with Gasteiger partial charge in [-0.1, -0.05) is 11.6 Å². The van der Waals surface area contributed by atoms with E-state index in [1.165, 1.54) is 6.20 Å². The number of aliphatic carboxylic acids is 1. The molecule has 0 spiro atoms. The van der Waals surface area contributed by atoms with Crippen LogP contribution >= 0.6 is 11.6 Å². The summed E-state index contributed by atoms with van der Waals surface area (Å²) in [4.78, 5) is 15.0. The maximum Gasteiger partial charge on any atom is 0.310 e. The van der Waals surface area contributed by atoms with Gasteiger partial charge in [0.25, 0.3) is 0 Å². The van der Waals surface area contributed by atoms with E-state index in [0.717, 1.165) is 0 Å². The first-order valence-corrected chi connectivity index (χ1v) is 6.06. The molecular formula is C14H12ClNO3. The monoisotopic (exact) mass is 277 g/mol. The maximum absolute atomic E-state index is 10.9. The number of pyridine rings is 1. The van der Waals surface area contributed by atoms with Crippen LogP contribution < -0.4 is 4.74 Å². The molecule has 2 aromatic rings. The Bertz CT molecular complexity index is 583. The average molecular weight is 278 g/mol. The Kier molecular flexibility index (Phi) is 4.02. The second-order valence-corrected chi connectivity index (χ2v) is 4.48. The van der Waals surface area contributed by atoms with Crippen LogP contribution in [0.1, 0.15) is 18.4 Å². The van der Waals surface area contributed by atoms with Gasteiger partial charge in [0.15, 0.2) is 0 Å². The topological polar surface area (TPSA) is 59.4 Å². The number of aromatic nitrogens is 1. The molecule has 1 atom stereocenters. The number of carboxylic acid groups (broad SMARTS) is 1. The SMILES string of the molecule is CC(C(=O)O)c1ccnc(Oc2ccc(Cl)cc2)c1. The Balaban J connectivity index is 2.19. The highest BCUT2D eigenvalue weighted by atomic mass is 35.5. The Morgan fingerprint density at radius 3 is 2.63 bits per heavy atom. The average Bonchev–Trinajstić information content (AvgIpc) is 2.41. The zero-order valence-electron chi connectivity index (χ0n) is 10.2. The van der Waals surface area contributed by atoms with E-state index in [9.17, 15) is 4.79 Å². The van der Waals surface area contributed by atoms with Crippen LogP contribution in [0.2, 0.25) is 5.02 Å². The van der Waals surface area contributed by atoms with Gasteiger partial charge in [0, 0.05) is 17.3 Å². The Morgan fingerprint density at radius 2 is 2.00 bits per heavy atom. The van der Waals surface area contributed by atoms with Crippen LogP contribution in [0.3, 0.4) is 0 Å². The van der Waals surface area contributed by atoms with Crippen LogP contribution in [-0.2, 0) is 4.79 Å². The van der Waals surface area contributed by atoms with Gasteiger partial charge in [-0.05, 0) is 42.8 Å². The molecule has 2 rings (SSSR count). The van der Waals surface area contributed by atoms with Crippen molar-refractivity contribution in [3.05, 3.63) is 53.2 Å². The van der Waals surface area contributed by atoms with Gasteiger partial charge in [-0.3, -0.25) is 4.79 Å². The lowest BCUT2D eigenvalue weighted by Crippen LogP contribution is -2.07. The fourth-order valence-electron chi connectivity index (χ4n) is 1.52. The summed E-state index contributed by atoms with van der Waals surface area (Å²) in [5.41, 5.74) is 0.645. The number of rotatable bonds is 4. The molecule has 1 N–H and O–H groups in total. The predicted molar refractivity (Wildman–Crippen MR) is 71.8 cm³/mol. The van der Waals surface area contributed by atoms with Crippen molar-refractivity contribution in [3.63, 3.8) is 0 Å². The normalized spacial score (nSPS) is 11.9. The molecule has 0 aliphatic rings. The number of halogens is 1. The van der Waals surface area contributed by atoms with Gasteiger partial charge in [0.2, 0.25) is 5.88 Å². The third-order valence-corrected chi connectivity index (χ3v) is 2.92. The van der Waals surface area contributed by atoms with E-state index < -0.39 is 11.9 Å². The molecule has 98 valence electrons. The number of carboxylic acids is 1. The Labute approximate surface area is 115 Å². The highest BCUT2D eigenvalue weighted by Gasteiger charge is 2.14. The largest absolute Gasteiger partial charge is 0.481 e. The molecule has 1 aromatic carbocycles. The van der Waals surface area contributed by atoms with Crippen molar-refractivity contribution >= 4 is 17.6 Å². The number of nitrogens with zero attached hydrogens (tertiary/aromatic N) is 1. The molecule has 0 amide bonds. The first-order valence-electron chi connectivity index (χ1n) is 5.68. The van der Waals surface area contributed by atoms with Crippen molar-refractivity contribution in [2.24, 2.45) is 0 Å². The molecule has 0 aliphatic carbocycles. The first-order chi connectivity index (χ1) is 9.06. The van der Waals surface area contributed by atoms with Gasteiger partial charge in [-0.2, -0.15) is 0 Å². The Morgan fingerprint density at radius 1 is 1.32 bits per heavy atom. The third kappa shape index (κ3) is 3.45. The zero-order chi connectivity index (χ0) is 13.8. The number of benzene rings is 1. The fraction of sp³-hybridized carbons (Fsp3) is 0.143. The Hall–Kier alpha value is -2.07. The summed E-state index contributed by atoms with van der Waals surface area (Å²) < 4.78 is 5.54. The van der Waals surface area contributed by atoms with Crippen molar-refractivity contribution in [1.82, 2.24) is 4.98 Å². The molecule has 0 saturated carbocycles. The number of hydrogen-bond acceptors (Lipinski definition) is 3. The predicted octanol–water partition coefficient (Wildman–Crippen LogP) is 3.72. The molecule has 1 unspecified atom stereocenters. The van der Waals surface area contributed by atoms with Crippen LogP contribution in [0.4, 0.5) is 0 Å². The number of ether oxygens (including phenoxy) is 1. The van der Waals surface area contributed by atoms with Crippen LogP contribution in [0.15, 0.2) is 42.6 Å². The van der Waals surface area contributed by atoms with Gasteiger partial charge in [0.05, 0.1) is 5.92 Å². The first kappa shape index (κ1) is 13.4. The summed E-state index contributed by atoms with van der Waals surface area (Å²) in [5.74, 6) is -0.538. The minimum absolute atomic E-state index is 0.355. The van der Waals surface area contributed by atoms with E-state index in [1.807, 2.05) is 0 Å². The molecule has 0 bridgehead atoms. The van der Waals surface area contributed by atoms with Gasteiger partial charge in [0.1, 0.15) is 5.75 Å². The standard InChI is InChI=1S/C14H12ClNO3/c1-9(14(17)18)10-6-7-16-13(8-10)19-12-4-2-11(15)3-5-12/h2-9H,1H3,(H,17,18). The third-order valence-electron chi connectivity index (χ3n) is 2.67. The lowest BCUT2D eigenvalue weighted by atomic mass is 10.0. The molecule has 5 heteroatoms. The molecule has 0 fully saturated rings. The van der Waals surface area contributed by atoms with E-state index >= 15 is 0 Å². The van der Waals surface area contributed by atoms with Gasteiger partial charge >= 0.3 is 5.97 Å². The van der Waals surface area contributed by atoms with E-state index in [4.69, 9.17) is 21.4 Å². The molecule has 0 radical (unpaired) electrons. The van der Waals surface area contributed by atoms with E-state index in [2.05, 4.69) is 4.98 Å². The van der Waals surface area contributed by atoms with Crippen LogP contribution in [0.25, 0.3) is 0 Å². The van der Waals surface area contributed by atoms with Crippen molar-refractivity contribution in [2.75, 3.05) is 0 Å². The van der Waals surface area contributed by atoms with Crippen molar-refractivity contribution in [1.29, 1.82) is 0 Å². The van der Waals surface area contributed by atoms with E-state index in [-0.39, 0.29) is 0 Å². The molecule has 1 heterocycles. The van der Waals surface area contributed by atoms with Crippen LogP contribution in [0.5, 0.6) is 11.6 Å². The smallest absolute Gasteiger partial charge is 0.310 e. The number of hydrogen-bond donors (Lipinski definition) is 1. The molecule has 4 nitrogen and oxygen atoms in total. The van der Waals surface area contributed by atoms with Crippen LogP contribution in [-0.4, -0.2) is 16.1 Å². The summed E-state index contributed by atoms with van der Waals surface area (Å²) in [6.45, 7) is 1.61. The molecule has 1 aromatic heterocycles. The number of carbonyl (C=O) groups is 1. The van der Waals surface area contributed by atoms with Crippen molar-refractivity contribution < 1.29 is 14.6 Å². The lowest BCUT2D eigenvalue weighted by Gasteiger charge is -2.09. The zero-order valence-corrected chi connectivity index (χ0v) is 11.0. The van der Waals surface area contributed by atoms with Crippen molar-refractivity contribution in [2.45, 2.75) is 12.8 Å². The fourth-order valence-corrected chi connectivity index (χ4v) is 1.64. The quantitative estimate of drug-likeness (QED) is 0.925.